The Morgan fingerprint density at radius 2 is 2.00 bits per heavy atom. The number of ether oxygens (including phenoxy) is 2. The van der Waals surface area contributed by atoms with Crippen LogP contribution in [0.2, 0.25) is 0 Å². The van der Waals surface area contributed by atoms with Gasteiger partial charge in [-0.3, -0.25) is 0 Å². The van der Waals surface area contributed by atoms with Crippen molar-refractivity contribution in [3.8, 4) is 0 Å². The first-order valence-electron chi connectivity index (χ1n) is 7.08. The summed E-state index contributed by atoms with van der Waals surface area (Å²) < 4.78 is 11.0. The fraction of sp³-hybridized carbons (Fsp3) is 0.867. The Kier molecular flexibility index (Phi) is 4.63. The van der Waals surface area contributed by atoms with Crippen molar-refractivity contribution in [3.63, 3.8) is 0 Å². The van der Waals surface area contributed by atoms with Crippen LogP contribution in [0, 0.1) is 17.8 Å². The van der Waals surface area contributed by atoms with E-state index in [4.69, 9.17) is 9.47 Å². The molecule has 2 rings (SSSR count). The van der Waals surface area contributed by atoms with Gasteiger partial charge in [0, 0.05) is 6.42 Å². The minimum atomic E-state index is 0.0608. The van der Waals surface area contributed by atoms with Gasteiger partial charge in [0.1, 0.15) is 0 Å². The van der Waals surface area contributed by atoms with E-state index in [2.05, 4.69) is 26.8 Å². The molecule has 1 heterocycles. The topological polar surface area (TPSA) is 18.5 Å². The third-order valence-electron chi connectivity index (χ3n) is 3.98. The van der Waals surface area contributed by atoms with Crippen molar-refractivity contribution < 1.29 is 9.47 Å². The molecular weight excluding hydrogens is 212 g/mol. The first kappa shape index (κ1) is 13.1. The Bertz CT molecular complexity index is 264. The molecule has 1 fully saturated rings. The van der Waals surface area contributed by atoms with Gasteiger partial charge >= 0.3 is 0 Å². The third kappa shape index (κ3) is 3.82. The molecule has 2 heteroatoms. The molecule has 2 aliphatic rings. The summed E-state index contributed by atoms with van der Waals surface area (Å²) in [4.78, 5) is 0. The molecule has 0 amide bonds. The first-order chi connectivity index (χ1) is 8.15. The lowest BCUT2D eigenvalue weighted by Crippen LogP contribution is -2.17. The third-order valence-corrected chi connectivity index (χ3v) is 3.98. The van der Waals surface area contributed by atoms with E-state index in [0.29, 0.717) is 0 Å². The predicted molar refractivity (Wildman–Crippen MR) is 69.7 cm³/mol. The highest BCUT2D eigenvalue weighted by molar-refractivity contribution is 5.10. The average molecular weight is 238 g/mol. The van der Waals surface area contributed by atoms with Gasteiger partial charge in [-0.1, -0.05) is 32.4 Å². The lowest BCUT2D eigenvalue weighted by atomic mass is 9.77. The van der Waals surface area contributed by atoms with E-state index in [-0.39, 0.29) is 6.29 Å². The molecule has 1 saturated heterocycles. The fourth-order valence-corrected chi connectivity index (χ4v) is 2.96. The summed E-state index contributed by atoms with van der Waals surface area (Å²) >= 11 is 0. The van der Waals surface area contributed by atoms with E-state index in [1.54, 1.807) is 5.57 Å². The number of allylic oxidation sites excluding steroid dienone is 2. The van der Waals surface area contributed by atoms with Crippen LogP contribution in [0.4, 0.5) is 0 Å². The summed E-state index contributed by atoms with van der Waals surface area (Å²) in [6.07, 6.45) is 7.40. The van der Waals surface area contributed by atoms with Crippen LogP contribution in [-0.4, -0.2) is 19.5 Å². The summed E-state index contributed by atoms with van der Waals surface area (Å²) in [7, 11) is 0. The molecule has 1 aliphatic heterocycles. The Balaban J connectivity index is 1.85. The molecule has 0 aromatic heterocycles. The standard InChI is InChI=1S/C15H26O2/c1-11(2)14-9-12(3)8-13(10-14)4-5-15-16-6-7-17-15/h10-12,14-15H,4-9H2,1-3H3. The molecule has 0 N–H and O–H groups in total. The van der Waals surface area contributed by atoms with Crippen molar-refractivity contribution in [2.45, 2.75) is 52.7 Å². The van der Waals surface area contributed by atoms with Crippen LogP contribution in [0.1, 0.15) is 46.5 Å². The van der Waals surface area contributed by atoms with Gasteiger partial charge in [-0.05, 0) is 37.0 Å². The molecule has 0 aromatic rings. The van der Waals surface area contributed by atoms with E-state index in [0.717, 1.165) is 43.8 Å². The Morgan fingerprint density at radius 1 is 1.29 bits per heavy atom. The fourth-order valence-electron chi connectivity index (χ4n) is 2.96. The van der Waals surface area contributed by atoms with Crippen molar-refractivity contribution in [2.24, 2.45) is 17.8 Å². The van der Waals surface area contributed by atoms with Gasteiger partial charge in [-0.2, -0.15) is 0 Å². The summed E-state index contributed by atoms with van der Waals surface area (Å²) in [5.74, 6) is 2.39. The molecule has 0 saturated carbocycles. The zero-order chi connectivity index (χ0) is 12.3. The second-order valence-corrected chi connectivity index (χ2v) is 5.99. The maximum absolute atomic E-state index is 5.50. The van der Waals surface area contributed by atoms with Gasteiger partial charge in [0.25, 0.3) is 0 Å². The summed E-state index contributed by atoms with van der Waals surface area (Å²) in [6, 6.07) is 0. The summed E-state index contributed by atoms with van der Waals surface area (Å²) in [5.41, 5.74) is 1.63. The Labute approximate surface area is 105 Å². The quantitative estimate of drug-likeness (QED) is 0.694. The molecule has 1 aliphatic carbocycles. The van der Waals surface area contributed by atoms with Crippen LogP contribution in [0.3, 0.4) is 0 Å². The molecule has 2 unspecified atom stereocenters. The van der Waals surface area contributed by atoms with Gasteiger partial charge in [-0.15, -0.1) is 0 Å². The molecule has 2 atom stereocenters. The molecule has 0 spiro atoms. The lowest BCUT2D eigenvalue weighted by molar-refractivity contribution is -0.0464. The highest BCUT2D eigenvalue weighted by Gasteiger charge is 2.23. The predicted octanol–water partition coefficient (Wildman–Crippen LogP) is 3.77. The Morgan fingerprint density at radius 3 is 2.65 bits per heavy atom. The highest BCUT2D eigenvalue weighted by Crippen LogP contribution is 2.34. The van der Waals surface area contributed by atoms with Gasteiger partial charge in [-0.25, -0.2) is 0 Å². The monoisotopic (exact) mass is 238 g/mol. The van der Waals surface area contributed by atoms with Crippen molar-refractivity contribution in [2.75, 3.05) is 13.2 Å². The van der Waals surface area contributed by atoms with Crippen molar-refractivity contribution in [1.82, 2.24) is 0 Å². The second kappa shape index (κ2) is 6.01. The van der Waals surface area contributed by atoms with Crippen LogP contribution in [0.5, 0.6) is 0 Å². The molecule has 0 radical (unpaired) electrons. The minimum Gasteiger partial charge on any atom is -0.350 e. The average Bonchev–Trinajstić information content (AvgIpc) is 2.78. The molecule has 17 heavy (non-hydrogen) atoms. The Hall–Kier alpha value is -0.340. The molecule has 0 aromatic carbocycles. The van der Waals surface area contributed by atoms with Crippen molar-refractivity contribution >= 4 is 0 Å². The smallest absolute Gasteiger partial charge is 0.158 e. The minimum absolute atomic E-state index is 0.0608. The molecule has 98 valence electrons. The maximum Gasteiger partial charge on any atom is 0.158 e. The van der Waals surface area contributed by atoms with Crippen LogP contribution in [-0.2, 0) is 9.47 Å². The van der Waals surface area contributed by atoms with Crippen molar-refractivity contribution in [1.29, 1.82) is 0 Å². The van der Waals surface area contributed by atoms with Gasteiger partial charge in [0.05, 0.1) is 13.2 Å². The summed E-state index contributed by atoms with van der Waals surface area (Å²) in [5, 5.41) is 0. The summed E-state index contributed by atoms with van der Waals surface area (Å²) in [6.45, 7) is 8.59. The number of hydrogen-bond donors (Lipinski definition) is 0. The maximum atomic E-state index is 5.50. The van der Waals surface area contributed by atoms with Crippen LogP contribution < -0.4 is 0 Å². The molecular formula is C15H26O2. The van der Waals surface area contributed by atoms with Crippen LogP contribution in [0.15, 0.2) is 11.6 Å². The van der Waals surface area contributed by atoms with Gasteiger partial charge in [0.15, 0.2) is 6.29 Å². The molecule has 2 nitrogen and oxygen atoms in total. The van der Waals surface area contributed by atoms with Crippen molar-refractivity contribution in [3.05, 3.63) is 11.6 Å². The van der Waals surface area contributed by atoms with Crippen LogP contribution >= 0.6 is 0 Å². The van der Waals surface area contributed by atoms with E-state index in [1.165, 1.54) is 12.8 Å². The SMILES string of the molecule is CC1CC(CCC2OCCO2)=CC(C(C)C)C1. The van der Waals surface area contributed by atoms with Gasteiger partial charge in [0.2, 0.25) is 0 Å². The first-order valence-corrected chi connectivity index (χ1v) is 7.08. The second-order valence-electron chi connectivity index (χ2n) is 5.99. The van der Waals surface area contributed by atoms with Crippen LogP contribution in [0.25, 0.3) is 0 Å². The normalized spacial score (nSPS) is 30.9. The van der Waals surface area contributed by atoms with E-state index in [9.17, 15) is 0 Å². The van der Waals surface area contributed by atoms with E-state index < -0.39 is 0 Å². The number of rotatable bonds is 4. The van der Waals surface area contributed by atoms with E-state index >= 15 is 0 Å². The zero-order valence-electron chi connectivity index (χ0n) is 11.4. The number of hydrogen-bond acceptors (Lipinski definition) is 2. The lowest BCUT2D eigenvalue weighted by Gasteiger charge is -2.29. The van der Waals surface area contributed by atoms with E-state index in [1.807, 2.05) is 0 Å². The largest absolute Gasteiger partial charge is 0.350 e. The zero-order valence-corrected chi connectivity index (χ0v) is 11.4. The highest BCUT2D eigenvalue weighted by atomic mass is 16.7. The van der Waals surface area contributed by atoms with Gasteiger partial charge < -0.3 is 9.47 Å². The molecule has 0 bridgehead atoms.